The molecule has 3 aliphatic rings. The van der Waals surface area contributed by atoms with Crippen molar-refractivity contribution in [3.05, 3.63) is 12.2 Å². The van der Waals surface area contributed by atoms with E-state index in [2.05, 4.69) is 19.1 Å². The van der Waals surface area contributed by atoms with Gasteiger partial charge in [0.25, 0.3) is 0 Å². The van der Waals surface area contributed by atoms with E-state index in [0.717, 1.165) is 32.3 Å². The Balaban J connectivity index is 1.60. The van der Waals surface area contributed by atoms with Gasteiger partial charge in [-0.2, -0.15) is 0 Å². The molecule has 3 nitrogen and oxygen atoms in total. The highest BCUT2D eigenvalue weighted by Crippen LogP contribution is 2.48. The van der Waals surface area contributed by atoms with Crippen molar-refractivity contribution in [2.45, 2.75) is 38.9 Å². The molecule has 5 unspecified atom stereocenters. The van der Waals surface area contributed by atoms with Gasteiger partial charge >= 0.3 is 5.97 Å². The smallest absolute Gasteiger partial charge is 0.312 e. The van der Waals surface area contributed by atoms with E-state index in [0.29, 0.717) is 17.8 Å². The minimum absolute atomic E-state index is 0.0405. The van der Waals surface area contributed by atoms with Gasteiger partial charge < -0.3 is 9.47 Å². The van der Waals surface area contributed by atoms with Crippen LogP contribution in [0.25, 0.3) is 0 Å². The van der Waals surface area contributed by atoms with Crippen molar-refractivity contribution in [2.24, 2.45) is 23.7 Å². The molecule has 17 heavy (non-hydrogen) atoms. The highest BCUT2D eigenvalue weighted by atomic mass is 16.7. The Morgan fingerprint density at radius 3 is 2.76 bits per heavy atom. The summed E-state index contributed by atoms with van der Waals surface area (Å²) in [7, 11) is 0. The molecule has 2 aliphatic carbocycles. The summed E-state index contributed by atoms with van der Waals surface area (Å²) in [5.74, 6) is 1.45. The predicted octanol–water partition coefficient (Wildman–Crippen LogP) is 2.51. The van der Waals surface area contributed by atoms with E-state index in [-0.39, 0.29) is 18.2 Å². The molecule has 94 valence electrons. The molecule has 0 radical (unpaired) electrons. The molecule has 0 aromatic rings. The third kappa shape index (κ3) is 2.01. The van der Waals surface area contributed by atoms with Gasteiger partial charge in [0.2, 0.25) is 6.29 Å². The first-order chi connectivity index (χ1) is 8.25. The third-order valence-electron chi connectivity index (χ3n) is 4.51. The summed E-state index contributed by atoms with van der Waals surface area (Å²) in [5, 5.41) is 0. The average molecular weight is 236 g/mol. The van der Waals surface area contributed by atoms with Gasteiger partial charge in [0, 0.05) is 6.42 Å². The standard InChI is InChI=1S/C14H20O3/c1-9-10-5-6-11(8-10)13(9)14(15)17-12-4-2-3-7-16-12/h5-6,9-13H,2-4,7-8H2,1H3. The van der Waals surface area contributed by atoms with Crippen LogP contribution < -0.4 is 0 Å². The topological polar surface area (TPSA) is 35.5 Å². The van der Waals surface area contributed by atoms with Crippen LogP contribution in [0.3, 0.4) is 0 Å². The van der Waals surface area contributed by atoms with Crippen LogP contribution in [0.2, 0.25) is 0 Å². The van der Waals surface area contributed by atoms with E-state index >= 15 is 0 Å². The second-order valence-electron chi connectivity index (χ2n) is 5.57. The molecule has 1 saturated heterocycles. The molecule has 0 aromatic carbocycles. The summed E-state index contributed by atoms with van der Waals surface area (Å²) in [6.45, 7) is 2.89. The third-order valence-corrected chi connectivity index (χ3v) is 4.51. The van der Waals surface area contributed by atoms with Gasteiger partial charge in [-0.1, -0.05) is 19.1 Å². The van der Waals surface area contributed by atoms with Gasteiger partial charge in [-0.05, 0) is 37.0 Å². The lowest BCUT2D eigenvalue weighted by Gasteiger charge is -2.27. The quantitative estimate of drug-likeness (QED) is 0.546. The summed E-state index contributed by atoms with van der Waals surface area (Å²) >= 11 is 0. The zero-order valence-electron chi connectivity index (χ0n) is 10.3. The fourth-order valence-corrected chi connectivity index (χ4v) is 3.47. The minimum atomic E-state index is -0.286. The molecular formula is C14H20O3. The van der Waals surface area contributed by atoms with Crippen molar-refractivity contribution in [3.63, 3.8) is 0 Å². The van der Waals surface area contributed by atoms with Gasteiger partial charge in [-0.25, -0.2) is 0 Å². The van der Waals surface area contributed by atoms with Crippen LogP contribution >= 0.6 is 0 Å². The minimum Gasteiger partial charge on any atom is -0.436 e. The molecule has 2 bridgehead atoms. The highest BCUT2D eigenvalue weighted by molar-refractivity contribution is 5.74. The van der Waals surface area contributed by atoms with Crippen molar-refractivity contribution < 1.29 is 14.3 Å². The molecule has 3 rings (SSSR count). The summed E-state index contributed by atoms with van der Waals surface area (Å²) in [4.78, 5) is 12.2. The Morgan fingerprint density at radius 1 is 1.29 bits per heavy atom. The Labute approximate surface area is 102 Å². The highest BCUT2D eigenvalue weighted by Gasteiger charge is 2.47. The Bertz CT molecular complexity index is 330. The molecular weight excluding hydrogens is 216 g/mol. The lowest BCUT2D eigenvalue weighted by atomic mass is 9.84. The fraction of sp³-hybridized carbons (Fsp3) is 0.786. The largest absolute Gasteiger partial charge is 0.436 e. The van der Waals surface area contributed by atoms with E-state index in [1.54, 1.807) is 0 Å². The number of ether oxygens (including phenoxy) is 2. The SMILES string of the molecule is CC1C2C=CC(C2)C1C(=O)OC1CCCCO1. The number of rotatable bonds is 2. The molecule has 1 aliphatic heterocycles. The molecule has 2 fully saturated rings. The number of carbonyl (C=O) groups excluding carboxylic acids is 1. The molecule has 3 heteroatoms. The molecule has 0 spiro atoms. The molecule has 5 atom stereocenters. The Morgan fingerprint density at radius 2 is 2.12 bits per heavy atom. The van der Waals surface area contributed by atoms with Crippen LogP contribution in [0.1, 0.15) is 32.6 Å². The van der Waals surface area contributed by atoms with Crippen LogP contribution in [0.5, 0.6) is 0 Å². The number of fused-ring (bicyclic) bond motifs is 2. The van der Waals surface area contributed by atoms with Crippen molar-refractivity contribution >= 4 is 5.97 Å². The maximum atomic E-state index is 12.2. The van der Waals surface area contributed by atoms with Crippen molar-refractivity contribution in [1.82, 2.24) is 0 Å². The van der Waals surface area contributed by atoms with Gasteiger partial charge in [0.05, 0.1) is 12.5 Å². The van der Waals surface area contributed by atoms with E-state index in [9.17, 15) is 4.79 Å². The lowest BCUT2D eigenvalue weighted by molar-refractivity contribution is -0.193. The Kier molecular flexibility index (Phi) is 2.95. The van der Waals surface area contributed by atoms with Gasteiger partial charge in [-0.3, -0.25) is 4.79 Å². The first-order valence-electron chi connectivity index (χ1n) is 6.76. The maximum Gasteiger partial charge on any atom is 0.312 e. The van der Waals surface area contributed by atoms with E-state index in [4.69, 9.17) is 9.47 Å². The van der Waals surface area contributed by atoms with Crippen LogP contribution in [-0.4, -0.2) is 18.9 Å². The van der Waals surface area contributed by atoms with Crippen LogP contribution in [-0.2, 0) is 14.3 Å². The van der Waals surface area contributed by atoms with Crippen molar-refractivity contribution in [2.75, 3.05) is 6.61 Å². The predicted molar refractivity (Wildman–Crippen MR) is 63.1 cm³/mol. The van der Waals surface area contributed by atoms with Gasteiger partial charge in [0.1, 0.15) is 0 Å². The van der Waals surface area contributed by atoms with Gasteiger partial charge in [-0.15, -0.1) is 0 Å². The Hall–Kier alpha value is -0.830. The summed E-state index contributed by atoms with van der Waals surface area (Å²) in [6.07, 6.45) is 8.34. The van der Waals surface area contributed by atoms with E-state index in [1.807, 2.05) is 0 Å². The summed E-state index contributed by atoms with van der Waals surface area (Å²) < 4.78 is 11.0. The van der Waals surface area contributed by atoms with Crippen LogP contribution in [0.4, 0.5) is 0 Å². The summed E-state index contributed by atoms with van der Waals surface area (Å²) in [6, 6.07) is 0. The zero-order chi connectivity index (χ0) is 11.8. The number of hydrogen-bond acceptors (Lipinski definition) is 3. The summed E-state index contributed by atoms with van der Waals surface area (Å²) in [5.41, 5.74) is 0. The molecule has 0 N–H and O–H groups in total. The van der Waals surface area contributed by atoms with E-state index in [1.165, 1.54) is 0 Å². The number of hydrogen-bond donors (Lipinski definition) is 0. The second-order valence-corrected chi connectivity index (χ2v) is 5.57. The second kappa shape index (κ2) is 4.45. The first kappa shape index (κ1) is 11.3. The monoisotopic (exact) mass is 236 g/mol. The van der Waals surface area contributed by atoms with Crippen molar-refractivity contribution in [1.29, 1.82) is 0 Å². The van der Waals surface area contributed by atoms with Crippen LogP contribution in [0, 0.1) is 23.7 Å². The molecule has 0 aromatic heterocycles. The maximum absolute atomic E-state index is 12.2. The fourth-order valence-electron chi connectivity index (χ4n) is 3.47. The normalized spacial score (nSPS) is 43.9. The van der Waals surface area contributed by atoms with Gasteiger partial charge in [0.15, 0.2) is 0 Å². The number of allylic oxidation sites excluding steroid dienone is 2. The molecule has 1 heterocycles. The molecule has 0 amide bonds. The first-order valence-corrected chi connectivity index (χ1v) is 6.76. The van der Waals surface area contributed by atoms with Crippen molar-refractivity contribution in [3.8, 4) is 0 Å². The van der Waals surface area contributed by atoms with Crippen LogP contribution in [0.15, 0.2) is 12.2 Å². The van der Waals surface area contributed by atoms with E-state index < -0.39 is 0 Å². The average Bonchev–Trinajstić information content (AvgIpc) is 2.90. The zero-order valence-corrected chi connectivity index (χ0v) is 10.3. The molecule has 1 saturated carbocycles. The number of carbonyl (C=O) groups is 1. The lowest BCUT2D eigenvalue weighted by Crippen LogP contribution is -2.33. The number of esters is 1.